The lowest BCUT2D eigenvalue weighted by Crippen LogP contribution is -2.42. The van der Waals surface area contributed by atoms with Gasteiger partial charge >= 0.3 is 0 Å². The van der Waals surface area contributed by atoms with E-state index in [2.05, 4.69) is 90.0 Å². The van der Waals surface area contributed by atoms with Crippen molar-refractivity contribution >= 4 is 11.3 Å². The van der Waals surface area contributed by atoms with Gasteiger partial charge in [-0.1, -0.05) is 60.6 Å². The van der Waals surface area contributed by atoms with Gasteiger partial charge < -0.3 is 5.32 Å². The summed E-state index contributed by atoms with van der Waals surface area (Å²) in [6.07, 6.45) is 4.43. The molecule has 0 amide bonds. The molecule has 2 bridgehead atoms. The number of aromatic nitrogens is 3. The van der Waals surface area contributed by atoms with Crippen molar-refractivity contribution in [1.82, 2.24) is 20.3 Å². The summed E-state index contributed by atoms with van der Waals surface area (Å²) in [6.45, 7) is 23.0. The van der Waals surface area contributed by atoms with E-state index in [1.165, 1.54) is 28.0 Å². The molecule has 4 nitrogen and oxygen atoms in total. The number of benzene rings is 1. The van der Waals surface area contributed by atoms with E-state index in [1.54, 1.807) is 0 Å². The van der Waals surface area contributed by atoms with Gasteiger partial charge in [0.1, 0.15) is 11.6 Å². The monoisotopic (exact) mass is 428 g/mol. The second-order valence-corrected chi connectivity index (χ2v) is 11.8. The van der Waals surface area contributed by atoms with Gasteiger partial charge in [-0.2, -0.15) is 0 Å². The average Bonchev–Trinajstić information content (AvgIpc) is 2.95. The van der Waals surface area contributed by atoms with Crippen LogP contribution in [0.5, 0.6) is 0 Å². The molecule has 0 radical (unpaired) electrons. The molecule has 4 heteroatoms. The van der Waals surface area contributed by atoms with Gasteiger partial charge in [-0.3, -0.25) is 0 Å². The van der Waals surface area contributed by atoms with Crippen LogP contribution in [0.25, 0.3) is 11.3 Å². The first-order valence-electron chi connectivity index (χ1n) is 11.8. The summed E-state index contributed by atoms with van der Waals surface area (Å²) >= 11 is 0. The molecule has 3 heterocycles. The molecule has 2 unspecified atom stereocenters. The van der Waals surface area contributed by atoms with Crippen LogP contribution in [0.2, 0.25) is 0 Å². The van der Waals surface area contributed by atoms with Gasteiger partial charge in [0.05, 0.1) is 5.54 Å². The average molecular weight is 429 g/mol. The number of fused-ring (bicyclic) bond motifs is 6. The van der Waals surface area contributed by atoms with Crippen molar-refractivity contribution in [3.05, 3.63) is 64.0 Å². The standard InChI is InChI=1S/C28H36N4/c1-15-18(24-30-16(2)29-17(3)31-24)11-12-23-19-13-21-22(14-20(19)28(15,10)32-23)26(6,7)27(8,9)25(21,4)5/h11-15,32H,1-10H3. The van der Waals surface area contributed by atoms with Crippen LogP contribution in [0.1, 0.15) is 95.1 Å². The Morgan fingerprint density at radius 1 is 0.750 bits per heavy atom. The van der Waals surface area contributed by atoms with Crippen LogP contribution in [-0.2, 0) is 16.4 Å². The molecule has 0 fully saturated rings. The molecule has 1 aromatic heterocycles. The Labute approximate surface area is 192 Å². The minimum Gasteiger partial charge on any atom is -0.375 e. The molecule has 0 saturated carbocycles. The van der Waals surface area contributed by atoms with Crippen molar-refractivity contribution in [2.45, 2.75) is 85.6 Å². The van der Waals surface area contributed by atoms with Gasteiger partial charge in [0.15, 0.2) is 5.82 Å². The SMILES string of the molecule is Cc1nc(C)nc(C2=CC=C3NC(C)(c4cc5c(cc43)C(C)(C)C(C)(C)C5(C)C)C2C)n1. The summed E-state index contributed by atoms with van der Waals surface area (Å²) in [6, 6.07) is 4.99. The molecule has 2 aromatic rings. The largest absolute Gasteiger partial charge is 0.375 e. The lowest BCUT2D eigenvalue weighted by atomic mass is 9.59. The minimum atomic E-state index is -0.222. The summed E-state index contributed by atoms with van der Waals surface area (Å²) < 4.78 is 0. The summed E-state index contributed by atoms with van der Waals surface area (Å²) in [7, 11) is 0. The van der Waals surface area contributed by atoms with Crippen molar-refractivity contribution in [2.24, 2.45) is 11.3 Å². The number of nitrogens with one attached hydrogen (secondary N) is 1. The van der Waals surface area contributed by atoms with Crippen molar-refractivity contribution in [3.8, 4) is 0 Å². The third-order valence-electron chi connectivity index (χ3n) is 9.75. The number of rotatable bonds is 1. The van der Waals surface area contributed by atoms with Crippen LogP contribution in [0.15, 0.2) is 24.3 Å². The van der Waals surface area contributed by atoms with Gasteiger partial charge in [0.25, 0.3) is 0 Å². The number of allylic oxidation sites excluding steroid dienone is 2. The highest BCUT2D eigenvalue weighted by molar-refractivity contribution is 5.82. The zero-order chi connectivity index (χ0) is 23.4. The second kappa shape index (κ2) is 6.09. The Morgan fingerprint density at radius 3 is 1.91 bits per heavy atom. The van der Waals surface area contributed by atoms with Gasteiger partial charge in [-0.15, -0.1) is 0 Å². The number of hydrogen-bond acceptors (Lipinski definition) is 4. The van der Waals surface area contributed by atoms with E-state index in [-0.39, 0.29) is 27.7 Å². The summed E-state index contributed by atoms with van der Waals surface area (Å²) in [5.41, 5.74) is 8.20. The van der Waals surface area contributed by atoms with Gasteiger partial charge in [-0.25, -0.2) is 15.0 Å². The highest BCUT2D eigenvalue weighted by Crippen LogP contribution is 2.63. The van der Waals surface area contributed by atoms with E-state index in [0.29, 0.717) is 0 Å². The first kappa shape index (κ1) is 21.4. The van der Waals surface area contributed by atoms with E-state index in [0.717, 1.165) is 23.0 Å². The highest BCUT2D eigenvalue weighted by Gasteiger charge is 2.58. The Bertz CT molecular complexity index is 1210. The fourth-order valence-electron chi connectivity index (χ4n) is 6.27. The fraction of sp³-hybridized carbons (Fsp3) is 0.536. The van der Waals surface area contributed by atoms with E-state index in [4.69, 9.17) is 9.97 Å². The lowest BCUT2D eigenvalue weighted by molar-refractivity contribution is 0.125. The molecule has 2 aliphatic heterocycles. The third-order valence-corrected chi connectivity index (χ3v) is 9.75. The Balaban J connectivity index is 1.73. The summed E-state index contributed by atoms with van der Waals surface area (Å²) in [5.74, 6) is 2.53. The van der Waals surface area contributed by atoms with E-state index in [1.807, 2.05) is 13.8 Å². The molecule has 3 aliphatic rings. The van der Waals surface area contributed by atoms with Crippen LogP contribution in [0, 0.1) is 25.2 Å². The Kier molecular flexibility index (Phi) is 4.07. The maximum atomic E-state index is 4.69. The highest BCUT2D eigenvalue weighted by atomic mass is 15.1. The molecule has 1 aromatic carbocycles. The number of hydrogen-bond donors (Lipinski definition) is 1. The first-order chi connectivity index (χ1) is 14.7. The molecule has 5 rings (SSSR count). The molecule has 32 heavy (non-hydrogen) atoms. The van der Waals surface area contributed by atoms with E-state index in [9.17, 15) is 0 Å². The molecule has 0 spiro atoms. The maximum Gasteiger partial charge on any atom is 0.159 e. The predicted octanol–water partition coefficient (Wildman–Crippen LogP) is 5.98. The van der Waals surface area contributed by atoms with Crippen LogP contribution in [-0.4, -0.2) is 15.0 Å². The van der Waals surface area contributed by atoms with Gasteiger partial charge in [0.2, 0.25) is 0 Å². The topological polar surface area (TPSA) is 50.7 Å². The quantitative estimate of drug-likeness (QED) is 0.607. The Hall–Kier alpha value is -2.49. The molecule has 2 atom stereocenters. The molecular formula is C28H36N4. The van der Waals surface area contributed by atoms with Crippen molar-refractivity contribution in [1.29, 1.82) is 0 Å². The van der Waals surface area contributed by atoms with Crippen molar-refractivity contribution in [3.63, 3.8) is 0 Å². The van der Waals surface area contributed by atoms with Crippen LogP contribution < -0.4 is 5.32 Å². The fourth-order valence-corrected chi connectivity index (χ4v) is 6.27. The molecule has 1 aliphatic carbocycles. The van der Waals surface area contributed by atoms with Crippen LogP contribution in [0.4, 0.5) is 0 Å². The predicted molar refractivity (Wildman–Crippen MR) is 131 cm³/mol. The zero-order valence-corrected chi connectivity index (χ0v) is 21.2. The van der Waals surface area contributed by atoms with Crippen LogP contribution >= 0.6 is 0 Å². The van der Waals surface area contributed by atoms with E-state index < -0.39 is 0 Å². The number of nitrogens with zero attached hydrogens (tertiary/aromatic N) is 3. The molecule has 168 valence electrons. The Morgan fingerprint density at radius 2 is 1.31 bits per heavy atom. The smallest absolute Gasteiger partial charge is 0.159 e. The minimum absolute atomic E-state index is 0.0860. The lowest BCUT2D eigenvalue weighted by Gasteiger charge is -2.44. The normalized spacial score (nSPS) is 28.2. The van der Waals surface area contributed by atoms with Crippen LogP contribution in [0.3, 0.4) is 0 Å². The zero-order valence-electron chi connectivity index (χ0n) is 21.2. The van der Waals surface area contributed by atoms with E-state index >= 15 is 0 Å². The van der Waals surface area contributed by atoms with Crippen molar-refractivity contribution < 1.29 is 0 Å². The summed E-state index contributed by atoms with van der Waals surface area (Å²) in [5, 5.41) is 3.89. The molecule has 0 saturated heterocycles. The number of aryl methyl sites for hydroxylation is 2. The third kappa shape index (κ3) is 2.41. The van der Waals surface area contributed by atoms with Gasteiger partial charge in [0, 0.05) is 22.8 Å². The second-order valence-electron chi connectivity index (χ2n) is 11.8. The summed E-state index contributed by atoms with van der Waals surface area (Å²) in [4.78, 5) is 13.8. The van der Waals surface area contributed by atoms with Gasteiger partial charge in [-0.05, 0) is 65.8 Å². The maximum absolute atomic E-state index is 4.69. The molecular weight excluding hydrogens is 392 g/mol. The first-order valence-corrected chi connectivity index (χ1v) is 11.8. The van der Waals surface area contributed by atoms with Crippen molar-refractivity contribution in [2.75, 3.05) is 0 Å². The molecule has 1 N–H and O–H groups in total.